The minimum Gasteiger partial charge on any atom is -0.483 e. The summed E-state index contributed by atoms with van der Waals surface area (Å²) in [6.07, 6.45) is -0.691. The quantitative estimate of drug-likeness (QED) is 0.402. The number of rotatable bonds is 10. The lowest BCUT2D eigenvalue weighted by Gasteiger charge is -2.35. The molecule has 0 bridgehead atoms. The lowest BCUT2D eigenvalue weighted by molar-refractivity contribution is -0.138. The average Bonchev–Trinajstić information content (AvgIpc) is 3.43. The number of carbonyl (C=O) groups is 6. The zero-order valence-corrected chi connectivity index (χ0v) is 24.2. The highest BCUT2D eigenvalue weighted by Gasteiger charge is 2.31. The van der Waals surface area contributed by atoms with Gasteiger partial charge in [-0.3, -0.25) is 24.0 Å². The highest BCUT2D eigenvalue weighted by molar-refractivity contribution is 5.99. The molecular formula is C29H35N5O9. The number of carbonyl (C=O) groups excluding carboxylic acids is 5. The molecule has 0 unspecified atom stereocenters. The first-order valence-corrected chi connectivity index (χ1v) is 14.1. The molecule has 0 radical (unpaired) electrons. The van der Waals surface area contributed by atoms with Gasteiger partial charge in [-0.05, 0) is 38.0 Å². The van der Waals surface area contributed by atoms with Crippen LogP contribution in [0.25, 0.3) is 10.9 Å². The minimum atomic E-state index is -1.16. The molecule has 14 heteroatoms. The van der Waals surface area contributed by atoms with Crippen LogP contribution < -0.4 is 10.1 Å². The molecular weight excluding hydrogens is 562 g/mol. The monoisotopic (exact) mass is 597 g/mol. The van der Waals surface area contributed by atoms with Crippen LogP contribution in [0.1, 0.15) is 42.2 Å². The van der Waals surface area contributed by atoms with Crippen LogP contribution in [-0.2, 0) is 23.9 Å². The normalized spacial score (nSPS) is 15.8. The third-order valence-corrected chi connectivity index (χ3v) is 7.26. The molecule has 0 aliphatic carbocycles. The number of hydrogen-bond donors (Lipinski definition) is 2. The number of fused-ring (bicyclic) bond motifs is 1. The van der Waals surface area contributed by atoms with Crippen molar-refractivity contribution in [3.8, 4) is 5.75 Å². The van der Waals surface area contributed by atoms with Crippen molar-refractivity contribution in [1.82, 2.24) is 25.0 Å². The Bertz CT molecular complexity index is 1420. The summed E-state index contributed by atoms with van der Waals surface area (Å²) < 4.78 is 10.8. The number of benzene rings is 1. The molecule has 4 amide bonds. The van der Waals surface area contributed by atoms with Crippen LogP contribution in [0.3, 0.4) is 0 Å². The largest absolute Gasteiger partial charge is 0.483 e. The number of Topliss-reactive ketones (excluding diaryl/α,β-unsaturated/α-hetero) is 1. The van der Waals surface area contributed by atoms with E-state index in [2.05, 4.69) is 10.3 Å². The van der Waals surface area contributed by atoms with Crippen molar-refractivity contribution in [2.75, 3.05) is 52.5 Å². The predicted octanol–water partition coefficient (Wildman–Crippen LogP) is 0.987. The van der Waals surface area contributed by atoms with Gasteiger partial charge in [0.25, 0.3) is 11.8 Å². The van der Waals surface area contributed by atoms with Gasteiger partial charge < -0.3 is 34.6 Å². The summed E-state index contributed by atoms with van der Waals surface area (Å²) in [5.41, 5.74) is 1.21. The molecule has 1 atom stereocenters. The maximum Gasteiger partial charge on any atom is 0.409 e. The topological polar surface area (TPSA) is 176 Å². The number of nitrogens with zero attached hydrogens (tertiary/aromatic N) is 4. The fourth-order valence-corrected chi connectivity index (χ4v) is 4.92. The van der Waals surface area contributed by atoms with Crippen molar-refractivity contribution in [2.45, 2.75) is 39.2 Å². The van der Waals surface area contributed by atoms with Crippen LogP contribution in [0, 0.1) is 6.92 Å². The Morgan fingerprint density at radius 3 is 2.40 bits per heavy atom. The molecule has 2 saturated heterocycles. The SMILES string of the molecule is CCOC(=O)N1CCN(C(=O)[C@H](CCC(=O)O)NC(=O)c2cc(OCC(=O)N3CCC(=O)C3)c3ccc(C)cc3n2)CC1. The van der Waals surface area contributed by atoms with Gasteiger partial charge in [0.1, 0.15) is 17.5 Å². The van der Waals surface area contributed by atoms with E-state index < -0.39 is 29.9 Å². The molecule has 1 aromatic heterocycles. The molecule has 230 valence electrons. The summed E-state index contributed by atoms with van der Waals surface area (Å²) in [5.74, 6) is -2.49. The Kier molecular flexibility index (Phi) is 10.1. The second-order valence-corrected chi connectivity index (χ2v) is 10.4. The molecule has 4 rings (SSSR count). The van der Waals surface area contributed by atoms with E-state index in [4.69, 9.17) is 9.47 Å². The third-order valence-electron chi connectivity index (χ3n) is 7.26. The van der Waals surface area contributed by atoms with E-state index in [1.54, 1.807) is 19.1 Å². The smallest absolute Gasteiger partial charge is 0.409 e. The Labute approximate surface area is 247 Å². The number of ether oxygens (including phenoxy) is 2. The van der Waals surface area contributed by atoms with Gasteiger partial charge in [-0.2, -0.15) is 0 Å². The van der Waals surface area contributed by atoms with Crippen molar-refractivity contribution in [3.63, 3.8) is 0 Å². The van der Waals surface area contributed by atoms with Crippen molar-refractivity contribution >= 4 is 46.5 Å². The van der Waals surface area contributed by atoms with Gasteiger partial charge in [-0.25, -0.2) is 9.78 Å². The number of ketones is 1. The summed E-state index contributed by atoms with van der Waals surface area (Å²) in [6, 6.07) is 5.54. The number of aromatic nitrogens is 1. The van der Waals surface area contributed by atoms with Gasteiger partial charge in [-0.1, -0.05) is 6.07 Å². The maximum atomic E-state index is 13.4. The molecule has 2 aromatic rings. The maximum absolute atomic E-state index is 13.4. The summed E-state index contributed by atoms with van der Waals surface area (Å²) in [4.78, 5) is 83.2. The van der Waals surface area contributed by atoms with Crippen LogP contribution in [0.2, 0.25) is 0 Å². The van der Waals surface area contributed by atoms with Crippen LogP contribution in [0.4, 0.5) is 4.79 Å². The first-order chi connectivity index (χ1) is 20.5. The van der Waals surface area contributed by atoms with E-state index in [0.717, 1.165) is 5.56 Å². The molecule has 2 fully saturated rings. The molecule has 43 heavy (non-hydrogen) atoms. The Balaban J connectivity index is 1.51. The molecule has 2 aliphatic rings. The third kappa shape index (κ3) is 7.96. The van der Waals surface area contributed by atoms with Gasteiger partial charge in [0.15, 0.2) is 12.4 Å². The second-order valence-electron chi connectivity index (χ2n) is 10.4. The standard InChI is InChI=1S/C29H35N5O9/c1-3-42-29(41)33-12-10-32(11-13-33)28(40)21(6-7-26(37)38)31-27(39)23-15-24(20-5-4-18(2)14-22(20)30-23)43-17-25(36)34-9-8-19(35)16-34/h4-5,14-15,21H,3,6-13,16-17H2,1-2H3,(H,31,39)(H,37,38)/t21-/m0/s1. The number of aliphatic carboxylic acids is 1. The molecule has 0 saturated carbocycles. The lowest BCUT2D eigenvalue weighted by Crippen LogP contribution is -2.56. The number of carboxylic acid groups (broad SMARTS) is 1. The second kappa shape index (κ2) is 13.9. The van der Waals surface area contributed by atoms with E-state index in [0.29, 0.717) is 23.9 Å². The van der Waals surface area contributed by atoms with Crippen LogP contribution >= 0.6 is 0 Å². The molecule has 0 spiro atoms. The number of likely N-dealkylation sites (tertiary alicyclic amines) is 1. The molecule has 2 N–H and O–H groups in total. The number of aryl methyl sites for hydroxylation is 1. The van der Waals surface area contributed by atoms with Crippen molar-refractivity contribution in [1.29, 1.82) is 0 Å². The van der Waals surface area contributed by atoms with E-state index in [1.807, 2.05) is 13.0 Å². The van der Waals surface area contributed by atoms with E-state index in [1.165, 1.54) is 20.8 Å². The first kappa shape index (κ1) is 31.2. The minimum absolute atomic E-state index is 0.0231. The number of piperazine rings is 1. The summed E-state index contributed by atoms with van der Waals surface area (Å²) in [7, 11) is 0. The van der Waals surface area contributed by atoms with Crippen LogP contribution in [0.15, 0.2) is 24.3 Å². The Morgan fingerprint density at radius 1 is 1.02 bits per heavy atom. The summed E-state index contributed by atoms with van der Waals surface area (Å²) in [5, 5.41) is 12.4. The highest BCUT2D eigenvalue weighted by atomic mass is 16.6. The zero-order valence-electron chi connectivity index (χ0n) is 24.2. The predicted molar refractivity (Wildman–Crippen MR) is 151 cm³/mol. The summed E-state index contributed by atoms with van der Waals surface area (Å²) >= 11 is 0. The highest BCUT2D eigenvalue weighted by Crippen LogP contribution is 2.27. The fraction of sp³-hybridized carbons (Fsp3) is 0.483. The molecule has 2 aliphatic heterocycles. The number of hydrogen-bond acceptors (Lipinski definition) is 9. The van der Waals surface area contributed by atoms with Crippen LogP contribution in [0.5, 0.6) is 5.75 Å². The van der Waals surface area contributed by atoms with Crippen molar-refractivity contribution in [2.24, 2.45) is 0 Å². The van der Waals surface area contributed by atoms with Crippen molar-refractivity contribution in [3.05, 3.63) is 35.5 Å². The summed E-state index contributed by atoms with van der Waals surface area (Å²) in [6.45, 7) is 4.66. The van der Waals surface area contributed by atoms with E-state index in [9.17, 15) is 33.9 Å². The zero-order chi connectivity index (χ0) is 31.1. The number of pyridine rings is 1. The van der Waals surface area contributed by atoms with Gasteiger partial charge in [0, 0.05) is 57.0 Å². The molecule has 3 heterocycles. The van der Waals surface area contributed by atoms with Gasteiger partial charge in [0.05, 0.1) is 18.7 Å². The molecule has 1 aromatic carbocycles. The first-order valence-electron chi connectivity index (χ1n) is 14.1. The Hall–Kier alpha value is -4.75. The molecule has 14 nitrogen and oxygen atoms in total. The number of amides is 4. The van der Waals surface area contributed by atoms with E-state index >= 15 is 0 Å². The lowest BCUT2D eigenvalue weighted by atomic mass is 10.1. The Morgan fingerprint density at radius 2 is 1.74 bits per heavy atom. The van der Waals surface area contributed by atoms with Crippen molar-refractivity contribution < 1.29 is 43.3 Å². The average molecular weight is 598 g/mol. The van der Waals surface area contributed by atoms with Gasteiger partial charge in [-0.15, -0.1) is 0 Å². The van der Waals surface area contributed by atoms with Gasteiger partial charge in [0.2, 0.25) is 5.91 Å². The number of carboxylic acids is 1. The van der Waals surface area contributed by atoms with Gasteiger partial charge >= 0.3 is 12.1 Å². The fourth-order valence-electron chi connectivity index (χ4n) is 4.92. The number of nitrogens with one attached hydrogen (secondary N) is 1. The van der Waals surface area contributed by atoms with Crippen LogP contribution in [-0.4, -0.2) is 119 Å². The van der Waals surface area contributed by atoms with E-state index in [-0.39, 0.29) is 81.9 Å².